The number of ketones is 1. The average molecular weight is 387 g/mol. The van der Waals surface area contributed by atoms with Crippen LogP contribution >= 0.6 is 23.2 Å². The van der Waals surface area contributed by atoms with Crippen LogP contribution in [0.1, 0.15) is 21.5 Å². The Morgan fingerprint density at radius 2 is 1.73 bits per heavy atom. The number of halogens is 2. The molecule has 1 aromatic heterocycles. The van der Waals surface area contributed by atoms with E-state index in [2.05, 4.69) is 10.3 Å². The zero-order valence-electron chi connectivity index (χ0n) is 14.0. The van der Waals surface area contributed by atoms with E-state index in [1.807, 2.05) is 24.3 Å². The van der Waals surface area contributed by atoms with Crippen LogP contribution in [0.3, 0.4) is 0 Å². The van der Waals surface area contributed by atoms with Crippen molar-refractivity contribution in [1.82, 2.24) is 4.98 Å². The quantitative estimate of drug-likeness (QED) is 0.588. The van der Waals surface area contributed by atoms with Crippen molar-refractivity contribution in [3.05, 3.63) is 87.7 Å². The molecule has 0 spiro atoms. The van der Waals surface area contributed by atoms with Crippen molar-refractivity contribution in [2.75, 3.05) is 12.4 Å². The van der Waals surface area contributed by atoms with Crippen molar-refractivity contribution in [1.29, 1.82) is 0 Å². The van der Waals surface area contributed by atoms with Gasteiger partial charge in [-0.25, -0.2) is 0 Å². The van der Waals surface area contributed by atoms with Gasteiger partial charge in [0.15, 0.2) is 5.78 Å². The van der Waals surface area contributed by atoms with E-state index >= 15 is 0 Å². The molecule has 0 bridgehead atoms. The molecule has 0 aliphatic rings. The van der Waals surface area contributed by atoms with Crippen molar-refractivity contribution in [3.63, 3.8) is 0 Å². The maximum absolute atomic E-state index is 12.9. The van der Waals surface area contributed by atoms with Gasteiger partial charge in [-0.1, -0.05) is 35.3 Å². The average Bonchev–Trinajstić information content (AvgIpc) is 2.69. The largest absolute Gasteiger partial charge is 0.497 e. The molecule has 3 aromatic rings. The van der Waals surface area contributed by atoms with Gasteiger partial charge in [-0.15, -0.1) is 0 Å². The summed E-state index contributed by atoms with van der Waals surface area (Å²) in [5, 5.41) is 3.83. The Hall–Kier alpha value is -2.56. The Kier molecular flexibility index (Phi) is 5.76. The van der Waals surface area contributed by atoms with E-state index in [0.29, 0.717) is 28.4 Å². The number of aromatic nitrogens is 1. The highest BCUT2D eigenvalue weighted by atomic mass is 35.5. The maximum Gasteiger partial charge on any atom is 0.196 e. The number of anilines is 1. The lowest BCUT2D eigenvalue weighted by atomic mass is 10.0. The number of benzene rings is 2. The zero-order chi connectivity index (χ0) is 18.5. The molecule has 4 nitrogen and oxygen atoms in total. The fraction of sp³-hybridized carbons (Fsp3) is 0.100. The summed E-state index contributed by atoms with van der Waals surface area (Å²) < 4.78 is 5.16. The molecule has 132 valence electrons. The number of nitrogens with zero attached hydrogens (tertiary/aromatic N) is 1. The number of hydrogen-bond donors (Lipinski definition) is 1. The zero-order valence-corrected chi connectivity index (χ0v) is 15.5. The van der Waals surface area contributed by atoms with E-state index in [9.17, 15) is 4.79 Å². The predicted octanol–water partition coefficient (Wildman–Crippen LogP) is 5.24. The molecule has 0 aliphatic heterocycles. The molecule has 0 aliphatic carbocycles. The third-order valence-electron chi connectivity index (χ3n) is 3.91. The minimum absolute atomic E-state index is 0.211. The normalized spacial score (nSPS) is 10.4. The summed E-state index contributed by atoms with van der Waals surface area (Å²) in [5.41, 5.74) is 2.51. The van der Waals surface area contributed by atoms with Crippen LogP contribution in [0.4, 0.5) is 5.69 Å². The minimum atomic E-state index is -0.211. The number of carbonyl (C=O) groups excluding carboxylic acids is 1. The SMILES string of the molecule is COc1ccc(CNc2ccc(Cl)c(Cl)c2C(=O)c2ccncc2)cc1. The number of hydrogen-bond acceptors (Lipinski definition) is 4. The topological polar surface area (TPSA) is 51.2 Å². The summed E-state index contributed by atoms with van der Waals surface area (Å²) in [5.74, 6) is 0.578. The standard InChI is InChI=1S/C20H16Cl2N2O2/c1-26-15-4-2-13(3-5-15)12-24-17-7-6-16(21)19(22)18(17)20(25)14-8-10-23-11-9-14/h2-11,24H,12H2,1H3. The number of methoxy groups -OCH3 is 1. The van der Waals surface area contributed by atoms with E-state index in [4.69, 9.17) is 27.9 Å². The van der Waals surface area contributed by atoms with Crippen molar-refractivity contribution < 1.29 is 9.53 Å². The van der Waals surface area contributed by atoms with E-state index in [1.165, 1.54) is 0 Å². The van der Waals surface area contributed by atoms with Crippen LogP contribution in [0, 0.1) is 0 Å². The van der Waals surface area contributed by atoms with Crippen molar-refractivity contribution >= 4 is 34.7 Å². The molecule has 1 N–H and O–H groups in total. The molecule has 0 saturated carbocycles. The van der Waals surface area contributed by atoms with Gasteiger partial charge in [0.1, 0.15) is 5.75 Å². The van der Waals surface area contributed by atoms with E-state index < -0.39 is 0 Å². The molecule has 3 rings (SSSR count). The van der Waals surface area contributed by atoms with Gasteiger partial charge < -0.3 is 10.1 Å². The molecule has 2 aromatic carbocycles. The van der Waals surface area contributed by atoms with Crippen LogP contribution in [0.2, 0.25) is 10.0 Å². The molecule has 0 radical (unpaired) electrons. The molecular formula is C20H16Cl2N2O2. The summed E-state index contributed by atoms with van der Waals surface area (Å²) in [6.07, 6.45) is 3.13. The molecule has 6 heteroatoms. The minimum Gasteiger partial charge on any atom is -0.497 e. The Morgan fingerprint density at radius 1 is 1.04 bits per heavy atom. The third-order valence-corrected chi connectivity index (χ3v) is 4.71. The second-order valence-electron chi connectivity index (χ2n) is 5.55. The van der Waals surface area contributed by atoms with E-state index in [0.717, 1.165) is 11.3 Å². The van der Waals surface area contributed by atoms with Gasteiger partial charge >= 0.3 is 0 Å². The monoisotopic (exact) mass is 386 g/mol. The first-order chi connectivity index (χ1) is 12.6. The lowest BCUT2D eigenvalue weighted by molar-refractivity contribution is 0.103. The van der Waals surface area contributed by atoms with Crippen LogP contribution in [0.15, 0.2) is 60.9 Å². The van der Waals surface area contributed by atoms with Crippen LogP contribution in [0.25, 0.3) is 0 Å². The number of nitrogens with one attached hydrogen (secondary N) is 1. The van der Waals surface area contributed by atoms with Gasteiger partial charge in [-0.2, -0.15) is 0 Å². The lowest BCUT2D eigenvalue weighted by Gasteiger charge is -2.14. The van der Waals surface area contributed by atoms with Crippen LogP contribution in [-0.2, 0) is 6.54 Å². The molecule has 1 heterocycles. The summed E-state index contributed by atoms with van der Waals surface area (Å²) in [6.45, 7) is 0.526. The molecule has 0 atom stereocenters. The fourth-order valence-electron chi connectivity index (χ4n) is 2.51. The highest BCUT2D eigenvalue weighted by Crippen LogP contribution is 2.33. The number of pyridine rings is 1. The summed E-state index contributed by atoms with van der Waals surface area (Å²) >= 11 is 12.5. The Labute approximate surface area is 161 Å². The first-order valence-electron chi connectivity index (χ1n) is 7.89. The lowest BCUT2D eigenvalue weighted by Crippen LogP contribution is -2.09. The summed E-state index contributed by atoms with van der Waals surface area (Å²) in [4.78, 5) is 16.8. The Bertz CT molecular complexity index is 913. The molecular weight excluding hydrogens is 371 g/mol. The number of ether oxygens (including phenoxy) is 1. The van der Waals surface area contributed by atoms with Gasteiger partial charge in [0.25, 0.3) is 0 Å². The van der Waals surface area contributed by atoms with Crippen molar-refractivity contribution in [3.8, 4) is 5.75 Å². The Morgan fingerprint density at radius 3 is 2.38 bits per heavy atom. The molecule has 26 heavy (non-hydrogen) atoms. The molecule has 0 fully saturated rings. The molecule has 0 amide bonds. The molecule has 0 unspecified atom stereocenters. The van der Waals surface area contributed by atoms with Crippen LogP contribution in [-0.4, -0.2) is 17.9 Å². The van der Waals surface area contributed by atoms with Gasteiger partial charge in [-0.05, 0) is 42.0 Å². The Balaban J connectivity index is 1.89. The third kappa shape index (κ3) is 3.98. The van der Waals surface area contributed by atoms with Crippen LogP contribution in [0.5, 0.6) is 5.75 Å². The van der Waals surface area contributed by atoms with E-state index in [1.54, 1.807) is 43.8 Å². The summed E-state index contributed by atoms with van der Waals surface area (Å²) in [6, 6.07) is 14.4. The first kappa shape index (κ1) is 18.2. The first-order valence-corrected chi connectivity index (χ1v) is 8.65. The summed E-state index contributed by atoms with van der Waals surface area (Å²) in [7, 11) is 1.62. The highest BCUT2D eigenvalue weighted by Gasteiger charge is 2.19. The smallest absolute Gasteiger partial charge is 0.196 e. The number of carbonyl (C=O) groups is 1. The van der Waals surface area contributed by atoms with Gasteiger partial charge in [0, 0.05) is 30.2 Å². The second kappa shape index (κ2) is 8.21. The highest BCUT2D eigenvalue weighted by molar-refractivity contribution is 6.45. The van der Waals surface area contributed by atoms with Gasteiger partial charge in [-0.3, -0.25) is 9.78 Å². The van der Waals surface area contributed by atoms with Gasteiger partial charge in [0.2, 0.25) is 0 Å². The second-order valence-corrected chi connectivity index (χ2v) is 6.34. The van der Waals surface area contributed by atoms with Crippen molar-refractivity contribution in [2.45, 2.75) is 6.54 Å². The van der Waals surface area contributed by atoms with Gasteiger partial charge in [0.05, 0.1) is 22.7 Å². The predicted molar refractivity (Wildman–Crippen MR) is 104 cm³/mol. The van der Waals surface area contributed by atoms with Crippen molar-refractivity contribution in [2.24, 2.45) is 0 Å². The molecule has 0 saturated heterocycles. The van der Waals surface area contributed by atoms with Crippen LogP contribution < -0.4 is 10.1 Å². The maximum atomic E-state index is 12.9. The number of rotatable bonds is 6. The fourth-order valence-corrected chi connectivity index (χ4v) is 2.92. The van der Waals surface area contributed by atoms with E-state index in [-0.39, 0.29) is 10.8 Å².